The number of aromatic hydroxyl groups is 1. The molecular formula is C10H14N2O3. The van der Waals surface area contributed by atoms with Gasteiger partial charge in [0.1, 0.15) is 5.75 Å². The van der Waals surface area contributed by atoms with E-state index in [9.17, 15) is 9.90 Å². The van der Waals surface area contributed by atoms with E-state index in [2.05, 4.69) is 0 Å². The van der Waals surface area contributed by atoms with Crippen molar-refractivity contribution in [3.63, 3.8) is 0 Å². The number of nitrogens with two attached hydrogens (primary N) is 2. The molecule has 0 saturated carbocycles. The van der Waals surface area contributed by atoms with Crippen LogP contribution in [0.5, 0.6) is 5.75 Å². The fraction of sp³-hybridized carbons (Fsp3) is 0.300. The first-order chi connectivity index (χ1) is 6.97. The Balaban J connectivity index is 3.31. The molecule has 0 saturated heterocycles. The van der Waals surface area contributed by atoms with E-state index in [-0.39, 0.29) is 17.9 Å². The predicted octanol–water partition coefficient (Wildman–Crippen LogP) is 0.357. The summed E-state index contributed by atoms with van der Waals surface area (Å²) in [6, 6.07) is 2.19. The number of rotatable bonds is 3. The van der Waals surface area contributed by atoms with E-state index in [1.54, 1.807) is 6.92 Å². The molecule has 0 aliphatic rings. The summed E-state index contributed by atoms with van der Waals surface area (Å²) in [7, 11) is 0. The fourth-order valence-corrected chi connectivity index (χ4v) is 1.34. The highest BCUT2D eigenvalue weighted by atomic mass is 16.4. The van der Waals surface area contributed by atoms with Gasteiger partial charge in [0.25, 0.3) is 0 Å². The smallest absolute Gasteiger partial charge is 0.335 e. The number of phenols is 1. The third-order valence-electron chi connectivity index (χ3n) is 2.23. The molecule has 0 radical (unpaired) electrons. The standard InChI is InChI=1S/C10H14N2O3/c1-5-2-6(10(14)15)3-7(9(5)13)8(12)4-11/h2-3,8,13H,4,11-12H2,1H3,(H,14,15)/t8-/m0/s1. The molecule has 0 bridgehead atoms. The maximum absolute atomic E-state index is 10.8. The van der Waals surface area contributed by atoms with Crippen LogP contribution >= 0.6 is 0 Å². The Bertz CT molecular complexity index is 390. The average Bonchev–Trinajstić information content (AvgIpc) is 2.20. The molecule has 6 N–H and O–H groups in total. The van der Waals surface area contributed by atoms with E-state index >= 15 is 0 Å². The predicted molar refractivity (Wildman–Crippen MR) is 55.8 cm³/mol. The largest absolute Gasteiger partial charge is 0.507 e. The van der Waals surface area contributed by atoms with Crippen LogP contribution in [-0.2, 0) is 0 Å². The van der Waals surface area contributed by atoms with Gasteiger partial charge in [-0.2, -0.15) is 0 Å². The van der Waals surface area contributed by atoms with Gasteiger partial charge in [-0.15, -0.1) is 0 Å². The Labute approximate surface area is 87.3 Å². The van der Waals surface area contributed by atoms with Crippen LogP contribution in [0, 0.1) is 6.92 Å². The number of carboxylic acids is 1. The molecule has 5 heteroatoms. The Kier molecular flexibility index (Phi) is 3.28. The molecule has 0 spiro atoms. The molecule has 0 fully saturated rings. The number of carbonyl (C=O) groups is 1. The van der Waals surface area contributed by atoms with Gasteiger partial charge in [-0.05, 0) is 24.6 Å². The monoisotopic (exact) mass is 210 g/mol. The van der Waals surface area contributed by atoms with E-state index in [4.69, 9.17) is 16.6 Å². The van der Waals surface area contributed by atoms with Crippen LogP contribution in [0.1, 0.15) is 27.5 Å². The topological polar surface area (TPSA) is 110 Å². The second-order valence-corrected chi connectivity index (χ2v) is 3.38. The van der Waals surface area contributed by atoms with Crippen LogP contribution in [-0.4, -0.2) is 22.7 Å². The van der Waals surface area contributed by atoms with Gasteiger partial charge in [0, 0.05) is 18.2 Å². The van der Waals surface area contributed by atoms with Crippen LogP contribution in [0.4, 0.5) is 0 Å². The molecule has 15 heavy (non-hydrogen) atoms. The van der Waals surface area contributed by atoms with Crippen molar-refractivity contribution in [2.45, 2.75) is 13.0 Å². The van der Waals surface area contributed by atoms with Gasteiger partial charge in [-0.1, -0.05) is 0 Å². The first-order valence-electron chi connectivity index (χ1n) is 4.49. The molecule has 0 unspecified atom stereocenters. The third kappa shape index (κ3) is 2.26. The van der Waals surface area contributed by atoms with Gasteiger partial charge in [-0.25, -0.2) is 4.79 Å². The number of aromatic carboxylic acids is 1. The van der Waals surface area contributed by atoms with Crippen LogP contribution in [0.3, 0.4) is 0 Å². The van der Waals surface area contributed by atoms with Gasteiger partial charge in [0.15, 0.2) is 0 Å². The zero-order valence-corrected chi connectivity index (χ0v) is 8.40. The minimum atomic E-state index is -1.05. The molecule has 82 valence electrons. The lowest BCUT2D eigenvalue weighted by atomic mass is 9.99. The Morgan fingerprint density at radius 2 is 2.13 bits per heavy atom. The molecule has 1 aromatic carbocycles. The molecule has 0 amide bonds. The van der Waals surface area contributed by atoms with Crippen molar-refractivity contribution in [2.75, 3.05) is 6.54 Å². The molecule has 1 atom stereocenters. The van der Waals surface area contributed by atoms with Gasteiger partial charge in [0.2, 0.25) is 0 Å². The van der Waals surface area contributed by atoms with E-state index in [0.29, 0.717) is 11.1 Å². The van der Waals surface area contributed by atoms with Crippen LogP contribution in [0.15, 0.2) is 12.1 Å². The summed E-state index contributed by atoms with van der Waals surface area (Å²) >= 11 is 0. The van der Waals surface area contributed by atoms with Crippen molar-refractivity contribution < 1.29 is 15.0 Å². The summed E-state index contributed by atoms with van der Waals surface area (Å²) in [5, 5.41) is 18.5. The molecule has 0 heterocycles. The summed E-state index contributed by atoms with van der Waals surface area (Å²) in [6.45, 7) is 1.77. The van der Waals surface area contributed by atoms with E-state index < -0.39 is 12.0 Å². The van der Waals surface area contributed by atoms with Crippen LogP contribution < -0.4 is 11.5 Å². The second-order valence-electron chi connectivity index (χ2n) is 3.38. The second kappa shape index (κ2) is 4.29. The number of hydrogen-bond donors (Lipinski definition) is 4. The molecule has 0 aliphatic carbocycles. The molecule has 0 aromatic heterocycles. The van der Waals surface area contributed by atoms with Crippen LogP contribution in [0.25, 0.3) is 0 Å². The van der Waals surface area contributed by atoms with E-state index in [1.165, 1.54) is 12.1 Å². The Morgan fingerprint density at radius 1 is 1.53 bits per heavy atom. The number of phenolic OH excluding ortho intramolecular Hbond substituents is 1. The lowest BCUT2D eigenvalue weighted by molar-refractivity contribution is 0.0696. The number of aryl methyl sites for hydroxylation is 1. The van der Waals surface area contributed by atoms with Gasteiger partial charge >= 0.3 is 5.97 Å². The summed E-state index contributed by atoms with van der Waals surface area (Å²) in [4.78, 5) is 10.8. The van der Waals surface area contributed by atoms with Gasteiger partial charge in [0.05, 0.1) is 5.56 Å². The molecular weight excluding hydrogens is 196 g/mol. The summed E-state index contributed by atoms with van der Waals surface area (Å²) in [5.41, 5.74) is 12.0. The van der Waals surface area contributed by atoms with E-state index in [1.807, 2.05) is 0 Å². The maximum atomic E-state index is 10.8. The van der Waals surface area contributed by atoms with E-state index in [0.717, 1.165) is 0 Å². The average molecular weight is 210 g/mol. The Hall–Kier alpha value is -1.59. The number of benzene rings is 1. The van der Waals surface area contributed by atoms with Crippen molar-refractivity contribution in [2.24, 2.45) is 11.5 Å². The quantitative estimate of drug-likeness (QED) is 0.575. The first-order valence-corrected chi connectivity index (χ1v) is 4.49. The van der Waals surface area contributed by atoms with Crippen molar-refractivity contribution >= 4 is 5.97 Å². The van der Waals surface area contributed by atoms with Crippen molar-refractivity contribution in [1.29, 1.82) is 0 Å². The normalized spacial score (nSPS) is 12.5. The molecule has 1 aromatic rings. The van der Waals surface area contributed by atoms with Gasteiger partial charge < -0.3 is 21.7 Å². The zero-order chi connectivity index (χ0) is 11.6. The lowest BCUT2D eigenvalue weighted by Gasteiger charge is -2.13. The number of hydrogen-bond acceptors (Lipinski definition) is 4. The van der Waals surface area contributed by atoms with Gasteiger partial charge in [-0.3, -0.25) is 0 Å². The Morgan fingerprint density at radius 3 is 2.60 bits per heavy atom. The summed E-state index contributed by atoms with van der Waals surface area (Å²) < 4.78 is 0. The highest BCUT2D eigenvalue weighted by Crippen LogP contribution is 2.27. The lowest BCUT2D eigenvalue weighted by Crippen LogP contribution is -2.21. The maximum Gasteiger partial charge on any atom is 0.335 e. The van der Waals surface area contributed by atoms with Crippen molar-refractivity contribution in [1.82, 2.24) is 0 Å². The zero-order valence-electron chi connectivity index (χ0n) is 8.40. The minimum Gasteiger partial charge on any atom is -0.507 e. The van der Waals surface area contributed by atoms with Crippen molar-refractivity contribution in [3.05, 3.63) is 28.8 Å². The number of carboxylic acid groups (broad SMARTS) is 1. The SMILES string of the molecule is Cc1cc(C(=O)O)cc([C@@H](N)CN)c1O. The first kappa shape index (κ1) is 11.5. The minimum absolute atomic E-state index is 0.0120. The van der Waals surface area contributed by atoms with Crippen LogP contribution in [0.2, 0.25) is 0 Å². The molecule has 5 nitrogen and oxygen atoms in total. The van der Waals surface area contributed by atoms with Crippen molar-refractivity contribution in [3.8, 4) is 5.75 Å². The highest BCUT2D eigenvalue weighted by molar-refractivity contribution is 5.88. The third-order valence-corrected chi connectivity index (χ3v) is 2.23. The highest BCUT2D eigenvalue weighted by Gasteiger charge is 2.15. The summed E-state index contributed by atoms with van der Waals surface area (Å²) in [5.74, 6) is -1.04. The molecule has 1 rings (SSSR count). The fourth-order valence-electron chi connectivity index (χ4n) is 1.34. The molecule has 0 aliphatic heterocycles. The summed E-state index contributed by atoms with van der Waals surface area (Å²) in [6.07, 6.45) is 0.